The number of rotatable bonds is 2. The van der Waals surface area contributed by atoms with E-state index in [-0.39, 0.29) is 16.1 Å². The van der Waals surface area contributed by atoms with Crippen LogP contribution in [-0.2, 0) is 0 Å². The fourth-order valence-corrected chi connectivity index (χ4v) is 3.91. The first kappa shape index (κ1) is 14.9. The topological polar surface area (TPSA) is 25.8 Å². The van der Waals surface area contributed by atoms with Crippen LogP contribution in [0.25, 0.3) is 21.8 Å². The van der Waals surface area contributed by atoms with E-state index in [0.717, 1.165) is 9.35 Å². The average molecular weight is 404 g/mol. The van der Waals surface area contributed by atoms with Crippen LogP contribution < -0.4 is 0 Å². The van der Waals surface area contributed by atoms with Crippen LogP contribution in [0.4, 0.5) is 4.39 Å². The maximum Gasteiger partial charge on any atom is 0.173 e. The van der Waals surface area contributed by atoms with Gasteiger partial charge >= 0.3 is 0 Å². The van der Waals surface area contributed by atoms with Crippen molar-refractivity contribution in [3.8, 4) is 21.8 Å². The van der Waals surface area contributed by atoms with Gasteiger partial charge in [0.1, 0.15) is 16.1 Å². The molecule has 0 amide bonds. The Bertz CT molecular complexity index is 782. The number of halogens is 4. The molecule has 2 aromatic heterocycles. The van der Waals surface area contributed by atoms with Crippen molar-refractivity contribution < 1.29 is 4.39 Å². The van der Waals surface area contributed by atoms with E-state index >= 15 is 0 Å². The van der Waals surface area contributed by atoms with Crippen LogP contribution in [0.15, 0.2) is 40.2 Å². The molecule has 0 N–H and O–H groups in total. The van der Waals surface area contributed by atoms with E-state index in [4.69, 9.17) is 23.2 Å². The van der Waals surface area contributed by atoms with Crippen LogP contribution in [0.1, 0.15) is 0 Å². The van der Waals surface area contributed by atoms with E-state index in [2.05, 4.69) is 25.9 Å². The SMILES string of the molecule is Fc1ccc(-c2c(Cl)nc(-c3sccc3Br)nc2Cl)cc1. The third kappa shape index (κ3) is 2.97. The molecule has 0 spiro atoms. The first-order valence-corrected chi connectivity index (χ1v) is 8.21. The van der Waals surface area contributed by atoms with Gasteiger partial charge in [0.15, 0.2) is 5.82 Å². The summed E-state index contributed by atoms with van der Waals surface area (Å²) >= 11 is 17.4. The molecule has 0 bridgehead atoms. The molecule has 0 fully saturated rings. The molecule has 0 unspecified atom stereocenters. The zero-order chi connectivity index (χ0) is 15.0. The quantitative estimate of drug-likeness (QED) is 0.484. The molecule has 1 aromatic carbocycles. The van der Waals surface area contributed by atoms with E-state index in [1.54, 1.807) is 12.1 Å². The van der Waals surface area contributed by atoms with Crippen molar-refractivity contribution in [2.45, 2.75) is 0 Å². The average Bonchev–Trinajstić information content (AvgIpc) is 2.86. The fourth-order valence-electron chi connectivity index (χ4n) is 1.82. The number of aromatic nitrogens is 2. The summed E-state index contributed by atoms with van der Waals surface area (Å²) < 4.78 is 13.9. The number of thiophene rings is 1. The molecule has 2 nitrogen and oxygen atoms in total. The number of benzene rings is 1. The number of hydrogen-bond acceptors (Lipinski definition) is 3. The van der Waals surface area contributed by atoms with Crippen LogP contribution in [0.5, 0.6) is 0 Å². The number of hydrogen-bond donors (Lipinski definition) is 0. The zero-order valence-corrected chi connectivity index (χ0v) is 14.2. The molecule has 0 aliphatic carbocycles. The molecule has 0 radical (unpaired) electrons. The Morgan fingerprint density at radius 1 is 1.00 bits per heavy atom. The van der Waals surface area contributed by atoms with Gasteiger partial charge in [-0.25, -0.2) is 14.4 Å². The lowest BCUT2D eigenvalue weighted by Crippen LogP contribution is -1.94. The second kappa shape index (κ2) is 6.01. The lowest BCUT2D eigenvalue weighted by atomic mass is 10.1. The highest BCUT2D eigenvalue weighted by molar-refractivity contribution is 9.10. The molecular weight excluding hydrogens is 398 g/mol. The molecular formula is C14H6BrCl2FN2S. The normalized spacial score (nSPS) is 10.9. The van der Waals surface area contributed by atoms with Gasteiger partial charge in [0.25, 0.3) is 0 Å². The molecule has 21 heavy (non-hydrogen) atoms. The Hall–Kier alpha value is -1.01. The van der Waals surface area contributed by atoms with E-state index in [1.165, 1.54) is 23.5 Å². The van der Waals surface area contributed by atoms with Crippen molar-refractivity contribution in [2.75, 3.05) is 0 Å². The van der Waals surface area contributed by atoms with E-state index in [0.29, 0.717) is 17.0 Å². The van der Waals surface area contributed by atoms with Crippen LogP contribution in [0.3, 0.4) is 0 Å². The summed E-state index contributed by atoms with van der Waals surface area (Å²) in [7, 11) is 0. The van der Waals surface area contributed by atoms with Crippen LogP contribution in [0, 0.1) is 5.82 Å². The minimum Gasteiger partial charge on any atom is -0.215 e. The summed E-state index contributed by atoms with van der Waals surface area (Å²) in [5.74, 6) is 0.129. The van der Waals surface area contributed by atoms with Gasteiger partial charge in [0, 0.05) is 4.47 Å². The first-order chi connectivity index (χ1) is 10.1. The Balaban J connectivity index is 2.13. The molecule has 2 heterocycles. The van der Waals surface area contributed by atoms with Gasteiger partial charge in [0.05, 0.1) is 10.4 Å². The fraction of sp³-hybridized carbons (Fsp3) is 0. The Morgan fingerprint density at radius 2 is 1.62 bits per heavy atom. The second-order valence-corrected chi connectivity index (χ2v) is 6.59. The van der Waals surface area contributed by atoms with Crippen LogP contribution in [-0.4, -0.2) is 9.97 Å². The highest BCUT2D eigenvalue weighted by Gasteiger charge is 2.16. The highest BCUT2D eigenvalue weighted by Crippen LogP contribution is 2.37. The smallest absolute Gasteiger partial charge is 0.173 e. The molecule has 0 atom stereocenters. The first-order valence-electron chi connectivity index (χ1n) is 5.78. The zero-order valence-electron chi connectivity index (χ0n) is 10.3. The molecule has 3 aromatic rings. The summed E-state index contributed by atoms with van der Waals surface area (Å²) in [4.78, 5) is 9.44. The minimum atomic E-state index is -0.328. The maximum atomic E-state index is 13.0. The lowest BCUT2D eigenvalue weighted by Gasteiger charge is -2.08. The van der Waals surface area contributed by atoms with Gasteiger partial charge in [-0.2, -0.15) is 0 Å². The number of nitrogens with zero attached hydrogens (tertiary/aromatic N) is 2. The van der Waals surface area contributed by atoms with Crippen LogP contribution in [0.2, 0.25) is 10.3 Å². The lowest BCUT2D eigenvalue weighted by molar-refractivity contribution is 0.628. The Morgan fingerprint density at radius 3 is 2.14 bits per heavy atom. The van der Waals surface area contributed by atoms with Crippen molar-refractivity contribution in [3.05, 3.63) is 56.3 Å². The summed E-state index contributed by atoms with van der Waals surface area (Å²) in [6.07, 6.45) is 0. The predicted molar refractivity (Wildman–Crippen MR) is 88.5 cm³/mol. The van der Waals surface area contributed by atoms with Crippen molar-refractivity contribution in [1.29, 1.82) is 0 Å². The van der Waals surface area contributed by atoms with Crippen molar-refractivity contribution >= 4 is 50.5 Å². The monoisotopic (exact) mass is 402 g/mol. The summed E-state index contributed by atoms with van der Waals surface area (Å²) in [6.45, 7) is 0. The van der Waals surface area contributed by atoms with Gasteiger partial charge in [-0.05, 0) is 45.1 Å². The standard InChI is InChI=1S/C14H6BrCl2FN2S/c15-9-5-6-21-11(9)14-19-12(16)10(13(17)20-14)7-1-3-8(18)4-2-7/h1-6H. The molecule has 106 valence electrons. The molecule has 3 rings (SSSR count). The Kier molecular flexibility index (Phi) is 4.26. The van der Waals surface area contributed by atoms with Crippen LogP contribution >= 0.6 is 50.5 Å². The third-order valence-electron chi connectivity index (χ3n) is 2.77. The van der Waals surface area contributed by atoms with E-state index in [1.807, 2.05) is 11.4 Å². The van der Waals surface area contributed by atoms with E-state index in [9.17, 15) is 4.39 Å². The molecule has 0 saturated heterocycles. The maximum absolute atomic E-state index is 13.0. The largest absolute Gasteiger partial charge is 0.215 e. The van der Waals surface area contributed by atoms with Gasteiger partial charge < -0.3 is 0 Å². The molecule has 0 aliphatic rings. The Labute approximate surface area is 142 Å². The van der Waals surface area contributed by atoms with Crippen molar-refractivity contribution in [1.82, 2.24) is 9.97 Å². The molecule has 0 saturated carbocycles. The second-order valence-electron chi connectivity index (χ2n) is 4.11. The molecule has 7 heteroatoms. The van der Waals surface area contributed by atoms with Gasteiger partial charge in [-0.15, -0.1) is 11.3 Å². The summed E-state index contributed by atoms with van der Waals surface area (Å²) in [6, 6.07) is 7.76. The predicted octanol–water partition coefficient (Wildman–Crippen LogP) is 6.08. The van der Waals surface area contributed by atoms with E-state index < -0.39 is 0 Å². The van der Waals surface area contributed by atoms with Crippen molar-refractivity contribution in [3.63, 3.8) is 0 Å². The van der Waals surface area contributed by atoms with Gasteiger partial charge in [-0.3, -0.25) is 0 Å². The summed E-state index contributed by atoms with van der Waals surface area (Å²) in [5.41, 5.74) is 1.16. The van der Waals surface area contributed by atoms with Crippen molar-refractivity contribution in [2.24, 2.45) is 0 Å². The van der Waals surface area contributed by atoms with Gasteiger partial charge in [0.2, 0.25) is 0 Å². The molecule has 0 aliphatic heterocycles. The minimum absolute atomic E-state index is 0.233. The highest BCUT2D eigenvalue weighted by atomic mass is 79.9. The summed E-state index contributed by atoms with van der Waals surface area (Å²) in [5, 5.41) is 2.38. The van der Waals surface area contributed by atoms with Gasteiger partial charge in [-0.1, -0.05) is 35.3 Å². The third-order valence-corrected chi connectivity index (χ3v) is 5.15.